The van der Waals surface area contributed by atoms with Crippen LogP contribution in [0, 0.1) is 5.92 Å². The Morgan fingerprint density at radius 2 is 1.80 bits per heavy atom. The number of hydrogen-bond acceptors (Lipinski definition) is 4. The first-order valence-corrected chi connectivity index (χ1v) is 11.8. The van der Waals surface area contributed by atoms with Crippen LogP contribution in [-0.2, 0) is 4.79 Å². The first-order valence-electron chi connectivity index (χ1n) is 10.3. The predicted molar refractivity (Wildman–Crippen MR) is 125 cm³/mol. The Morgan fingerprint density at radius 1 is 1.10 bits per heavy atom. The lowest BCUT2D eigenvalue weighted by Crippen LogP contribution is -2.53. The van der Waals surface area contributed by atoms with E-state index in [1.54, 1.807) is 6.07 Å². The van der Waals surface area contributed by atoms with Gasteiger partial charge in [-0.25, -0.2) is 10.4 Å². The standard InChI is InChI=1S/C22H25BrCl2N4O/c1-14-20(22(30)27-28-11-3-2-4-12-28)26-29(19-10-9-17(24)13-18(19)25)21(14)15-5-7-16(23)8-6-15/h5-10,13-14,20-21,26H,2-4,11-12H2,1H3,(H,27,30)/t14-,20-,21?/m0/s1. The van der Waals surface area contributed by atoms with Gasteiger partial charge in [-0.2, -0.15) is 0 Å². The Labute approximate surface area is 195 Å². The van der Waals surface area contributed by atoms with E-state index in [1.807, 2.05) is 34.3 Å². The van der Waals surface area contributed by atoms with E-state index in [0.717, 1.165) is 41.7 Å². The Hall–Kier alpha value is -1.31. The summed E-state index contributed by atoms with van der Waals surface area (Å²) < 4.78 is 1.01. The fraction of sp³-hybridized carbons (Fsp3) is 0.409. The molecule has 2 aliphatic heterocycles. The summed E-state index contributed by atoms with van der Waals surface area (Å²) in [6.07, 6.45) is 3.45. The highest BCUT2D eigenvalue weighted by Crippen LogP contribution is 2.42. The zero-order valence-corrected chi connectivity index (χ0v) is 19.8. The summed E-state index contributed by atoms with van der Waals surface area (Å²) in [5.41, 5.74) is 8.45. The van der Waals surface area contributed by atoms with E-state index in [9.17, 15) is 4.79 Å². The van der Waals surface area contributed by atoms with Crippen LogP contribution in [0.1, 0.15) is 37.8 Å². The number of rotatable bonds is 4. The fourth-order valence-electron chi connectivity index (χ4n) is 4.30. The number of piperidine rings is 1. The van der Waals surface area contributed by atoms with Crippen molar-refractivity contribution in [1.82, 2.24) is 15.9 Å². The highest BCUT2D eigenvalue weighted by Gasteiger charge is 2.44. The summed E-state index contributed by atoms with van der Waals surface area (Å²) in [7, 11) is 0. The minimum atomic E-state index is -0.382. The highest BCUT2D eigenvalue weighted by molar-refractivity contribution is 9.10. The molecule has 2 N–H and O–H groups in total. The number of hydrazine groups is 2. The van der Waals surface area contributed by atoms with Crippen LogP contribution in [0.15, 0.2) is 46.9 Å². The molecule has 30 heavy (non-hydrogen) atoms. The molecule has 1 unspecified atom stereocenters. The summed E-state index contributed by atoms with van der Waals surface area (Å²) in [4.78, 5) is 13.2. The molecule has 0 spiro atoms. The maximum absolute atomic E-state index is 13.2. The van der Waals surface area contributed by atoms with Gasteiger partial charge in [-0.1, -0.05) is 64.6 Å². The summed E-state index contributed by atoms with van der Waals surface area (Å²) in [5, 5.41) is 5.16. The van der Waals surface area contributed by atoms with Gasteiger partial charge in [-0.05, 0) is 48.7 Å². The van der Waals surface area contributed by atoms with Gasteiger partial charge in [0, 0.05) is 28.5 Å². The van der Waals surface area contributed by atoms with Crippen molar-refractivity contribution in [2.45, 2.75) is 38.3 Å². The third kappa shape index (κ3) is 4.63. The molecule has 2 saturated heterocycles. The Balaban J connectivity index is 1.64. The van der Waals surface area contributed by atoms with Crippen LogP contribution in [0.5, 0.6) is 0 Å². The fourth-order valence-corrected chi connectivity index (χ4v) is 5.07. The van der Waals surface area contributed by atoms with Crippen LogP contribution >= 0.6 is 39.1 Å². The van der Waals surface area contributed by atoms with Crippen LogP contribution in [-0.4, -0.2) is 30.0 Å². The molecule has 2 aliphatic rings. The number of halogens is 3. The largest absolute Gasteiger partial charge is 0.298 e. The number of carbonyl (C=O) groups excluding carboxylic acids is 1. The lowest BCUT2D eigenvalue weighted by Gasteiger charge is -2.29. The average molecular weight is 512 g/mol. The van der Waals surface area contributed by atoms with Crippen molar-refractivity contribution in [2.24, 2.45) is 5.92 Å². The van der Waals surface area contributed by atoms with Crippen LogP contribution in [0.2, 0.25) is 10.0 Å². The van der Waals surface area contributed by atoms with Gasteiger partial charge in [0.25, 0.3) is 5.91 Å². The number of hydrogen-bond donors (Lipinski definition) is 2. The Kier molecular flexibility index (Phi) is 6.90. The summed E-state index contributed by atoms with van der Waals surface area (Å²) >= 11 is 16.2. The van der Waals surface area contributed by atoms with Gasteiger partial charge in [0.05, 0.1) is 16.8 Å². The number of anilines is 1. The van der Waals surface area contributed by atoms with Crippen LogP contribution < -0.4 is 15.9 Å². The predicted octanol–water partition coefficient (Wildman–Crippen LogP) is 5.34. The van der Waals surface area contributed by atoms with Crippen molar-refractivity contribution in [3.05, 3.63) is 62.5 Å². The van der Waals surface area contributed by atoms with Gasteiger partial charge < -0.3 is 0 Å². The molecule has 3 atom stereocenters. The van der Waals surface area contributed by atoms with E-state index in [1.165, 1.54) is 6.42 Å². The van der Waals surface area contributed by atoms with Crippen LogP contribution in [0.25, 0.3) is 0 Å². The minimum absolute atomic E-state index is 0.0147. The zero-order chi connectivity index (χ0) is 21.3. The zero-order valence-electron chi connectivity index (χ0n) is 16.7. The van der Waals surface area contributed by atoms with Crippen molar-refractivity contribution < 1.29 is 4.79 Å². The normalized spacial score (nSPS) is 24.8. The molecular weight excluding hydrogens is 487 g/mol. The van der Waals surface area contributed by atoms with Gasteiger partial charge in [0.1, 0.15) is 6.04 Å². The van der Waals surface area contributed by atoms with Crippen LogP contribution in [0.3, 0.4) is 0 Å². The number of carbonyl (C=O) groups is 1. The third-order valence-corrected chi connectivity index (χ3v) is 6.93. The molecule has 2 fully saturated rings. The number of nitrogens with one attached hydrogen (secondary N) is 2. The van der Waals surface area contributed by atoms with E-state index >= 15 is 0 Å². The number of benzene rings is 2. The van der Waals surface area contributed by atoms with Gasteiger partial charge in [0.15, 0.2) is 0 Å². The second kappa shape index (κ2) is 9.45. The second-order valence-electron chi connectivity index (χ2n) is 7.95. The monoisotopic (exact) mass is 510 g/mol. The summed E-state index contributed by atoms with van der Waals surface area (Å²) in [6.45, 7) is 3.90. The quantitative estimate of drug-likeness (QED) is 0.581. The van der Waals surface area contributed by atoms with E-state index in [4.69, 9.17) is 23.2 Å². The molecular formula is C22H25BrCl2N4O. The molecule has 5 nitrogen and oxygen atoms in total. The Morgan fingerprint density at radius 3 is 2.47 bits per heavy atom. The van der Waals surface area contributed by atoms with E-state index in [2.05, 4.69) is 45.8 Å². The lowest BCUT2D eigenvalue weighted by atomic mass is 9.90. The molecule has 2 aromatic carbocycles. The van der Waals surface area contributed by atoms with E-state index < -0.39 is 0 Å². The summed E-state index contributed by atoms with van der Waals surface area (Å²) in [5.74, 6) is 0.00167. The van der Waals surface area contributed by atoms with Gasteiger partial charge >= 0.3 is 0 Å². The highest BCUT2D eigenvalue weighted by atomic mass is 79.9. The molecule has 2 aromatic rings. The summed E-state index contributed by atoms with van der Waals surface area (Å²) in [6, 6.07) is 13.2. The molecule has 160 valence electrons. The molecule has 0 radical (unpaired) electrons. The Bertz CT molecular complexity index is 905. The molecule has 0 saturated carbocycles. The number of amides is 1. The molecule has 0 bridgehead atoms. The molecule has 0 aliphatic carbocycles. The number of nitrogens with zero attached hydrogens (tertiary/aromatic N) is 2. The van der Waals surface area contributed by atoms with Crippen LogP contribution in [0.4, 0.5) is 5.69 Å². The minimum Gasteiger partial charge on any atom is -0.298 e. The first kappa shape index (κ1) is 21.9. The first-order chi connectivity index (χ1) is 14.4. The van der Waals surface area contributed by atoms with Gasteiger partial charge in [-0.15, -0.1) is 0 Å². The van der Waals surface area contributed by atoms with Crippen molar-refractivity contribution >= 4 is 50.7 Å². The van der Waals surface area contributed by atoms with Crippen molar-refractivity contribution in [3.63, 3.8) is 0 Å². The van der Waals surface area contributed by atoms with Crippen molar-refractivity contribution in [3.8, 4) is 0 Å². The smallest absolute Gasteiger partial charge is 0.253 e. The molecule has 4 rings (SSSR count). The SMILES string of the molecule is C[C@@H]1C(c2ccc(Br)cc2)N(c2ccc(Cl)cc2Cl)N[C@@H]1C(=O)NN1CCCCC1. The lowest BCUT2D eigenvalue weighted by molar-refractivity contribution is -0.129. The van der Waals surface area contributed by atoms with Crippen molar-refractivity contribution in [1.29, 1.82) is 0 Å². The third-order valence-electron chi connectivity index (χ3n) is 5.87. The van der Waals surface area contributed by atoms with Crippen molar-refractivity contribution in [2.75, 3.05) is 18.1 Å². The van der Waals surface area contributed by atoms with Gasteiger partial charge in [-0.3, -0.25) is 15.2 Å². The topological polar surface area (TPSA) is 47.6 Å². The maximum atomic E-state index is 13.2. The maximum Gasteiger partial charge on any atom is 0.253 e. The molecule has 1 amide bonds. The molecule has 2 heterocycles. The van der Waals surface area contributed by atoms with E-state index in [-0.39, 0.29) is 23.9 Å². The molecule has 8 heteroatoms. The van der Waals surface area contributed by atoms with E-state index in [0.29, 0.717) is 10.0 Å². The molecule has 0 aromatic heterocycles. The van der Waals surface area contributed by atoms with Gasteiger partial charge in [0.2, 0.25) is 0 Å². The average Bonchev–Trinajstić information content (AvgIpc) is 3.06. The second-order valence-corrected chi connectivity index (χ2v) is 9.71.